The van der Waals surface area contributed by atoms with Gasteiger partial charge in [-0.25, -0.2) is 13.1 Å². The molecule has 138 valence electrons. The van der Waals surface area contributed by atoms with E-state index in [-0.39, 0.29) is 22.5 Å². The molecule has 3 rings (SSSR count). The third-order valence-corrected chi connectivity index (χ3v) is 5.98. The van der Waals surface area contributed by atoms with Crippen molar-refractivity contribution >= 4 is 21.6 Å². The molecule has 0 aromatic heterocycles. The van der Waals surface area contributed by atoms with Crippen molar-refractivity contribution < 1.29 is 22.7 Å². The number of ether oxygens (including phenoxy) is 2. The van der Waals surface area contributed by atoms with Crippen LogP contribution < -0.4 is 20.5 Å². The van der Waals surface area contributed by atoms with Crippen LogP contribution in [0.15, 0.2) is 23.1 Å². The van der Waals surface area contributed by atoms with E-state index in [0.29, 0.717) is 31.8 Å². The fourth-order valence-corrected chi connectivity index (χ4v) is 3.98. The number of anilines is 1. The first-order valence-corrected chi connectivity index (χ1v) is 9.71. The number of hydrogen-bond donors (Lipinski definition) is 3. The second-order valence-corrected chi connectivity index (χ2v) is 8.19. The summed E-state index contributed by atoms with van der Waals surface area (Å²) in [6.07, 6.45) is 2.50. The van der Waals surface area contributed by atoms with Crippen LogP contribution >= 0.6 is 0 Å². The minimum atomic E-state index is -3.63. The molecular formula is C16H23N3O5S. The molecule has 1 aliphatic heterocycles. The Kier molecular flexibility index (Phi) is 5.01. The van der Waals surface area contributed by atoms with Crippen LogP contribution in [0.1, 0.15) is 25.7 Å². The summed E-state index contributed by atoms with van der Waals surface area (Å²) in [7, 11) is -2.18. The quantitative estimate of drug-likeness (QED) is 0.675. The van der Waals surface area contributed by atoms with Crippen LogP contribution in [-0.4, -0.2) is 46.2 Å². The Bertz CT molecular complexity index is 755. The Hall–Kier alpha value is -1.68. The zero-order chi connectivity index (χ0) is 18.1. The Labute approximate surface area is 147 Å². The number of amides is 1. The molecule has 2 fully saturated rings. The molecule has 1 aromatic carbocycles. The van der Waals surface area contributed by atoms with Gasteiger partial charge in [0.25, 0.3) is 0 Å². The van der Waals surface area contributed by atoms with Crippen molar-refractivity contribution in [3.63, 3.8) is 0 Å². The highest BCUT2D eigenvalue weighted by Gasteiger charge is 2.36. The van der Waals surface area contributed by atoms with Crippen molar-refractivity contribution in [3.05, 3.63) is 18.2 Å². The molecule has 0 bridgehead atoms. The maximum Gasteiger partial charge on any atom is 0.244 e. The highest BCUT2D eigenvalue weighted by molar-refractivity contribution is 7.89. The number of carbonyl (C=O) groups is 1. The fraction of sp³-hybridized carbons (Fsp3) is 0.562. The predicted molar refractivity (Wildman–Crippen MR) is 91.9 cm³/mol. The van der Waals surface area contributed by atoms with Gasteiger partial charge in [-0.2, -0.15) is 0 Å². The van der Waals surface area contributed by atoms with Gasteiger partial charge >= 0.3 is 0 Å². The highest BCUT2D eigenvalue weighted by Crippen LogP contribution is 2.30. The lowest BCUT2D eigenvalue weighted by molar-refractivity contribution is -0.124. The minimum Gasteiger partial charge on any atom is -0.495 e. The van der Waals surface area contributed by atoms with E-state index in [1.165, 1.54) is 25.3 Å². The van der Waals surface area contributed by atoms with Crippen molar-refractivity contribution in [2.24, 2.45) is 5.73 Å². The maximum absolute atomic E-state index is 12.6. The van der Waals surface area contributed by atoms with Gasteiger partial charge in [-0.3, -0.25) is 4.79 Å². The van der Waals surface area contributed by atoms with E-state index >= 15 is 0 Å². The topological polar surface area (TPSA) is 120 Å². The van der Waals surface area contributed by atoms with Gasteiger partial charge in [0.15, 0.2) is 0 Å². The number of carbonyl (C=O) groups excluding carboxylic acids is 1. The monoisotopic (exact) mass is 369 g/mol. The first kappa shape index (κ1) is 18.1. The zero-order valence-corrected chi connectivity index (χ0v) is 14.9. The van der Waals surface area contributed by atoms with E-state index in [9.17, 15) is 13.2 Å². The van der Waals surface area contributed by atoms with Gasteiger partial charge in [0, 0.05) is 19.3 Å². The van der Waals surface area contributed by atoms with E-state index in [2.05, 4.69) is 10.0 Å². The van der Waals surface area contributed by atoms with E-state index in [0.717, 1.165) is 12.8 Å². The summed E-state index contributed by atoms with van der Waals surface area (Å²) >= 11 is 0. The molecule has 1 saturated carbocycles. The average molecular weight is 369 g/mol. The van der Waals surface area contributed by atoms with Crippen molar-refractivity contribution in [3.8, 4) is 5.75 Å². The molecule has 0 atom stereocenters. The molecule has 1 amide bonds. The first-order chi connectivity index (χ1) is 11.8. The zero-order valence-electron chi connectivity index (χ0n) is 14.1. The number of methoxy groups -OCH3 is 1. The second kappa shape index (κ2) is 6.91. The van der Waals surface area contributed by atoms with E-state index < -0.39 is 15.6 Å². The van der Waals surface area contributed by atoms with Crippen molar-refractivity contribution in [1.82, 2.24) is 4.72 Å². The Balaban J connectivity index is 1.83. The summed E-state index contributed by atoms with van der Waals surface area (Å²) in [5.74, 6) is -0.00631. The molecule has 8 nitrogen and oxygen atoms in total. The summed E-state index contributed by atoms with van der Waals surface area (Å²) in [5, 5.41) is 2.72. The predicted octanol–water partition coefficient (Wildman–Crippen LogP) is 0.582. The Morgan fingerprint density at radius 1 is 1.32 bits per heavy atom. The Morgan fingerprint density at radius 2 is 2.00 bits per heavy atom. The van der Waals surface area contributed by atoms with Crippen LogP contribution in [0.5, 0.6) is 5.75 Å². The number of hydrogen-bond acceptors (Lipinski definition) is 6. The SMILES string of the molecule is COc1ccc(S(=O)(=O)NC2CC2)cc1NC(=O)C1(N)CCOCC1. The molecule has 1 heterocycles. The van der Waals surface area contributed by atoms with E-state index in [1.54, 1.807) is 0 Å². The molecule has 25 heavy (non-hydrogen) atoms. The fourth-order valence-electron chi connectivity index (χ4n) is 2.65. The summed E-state index contributed by atoms with van der Waals surface area (Å²) in [4.78, 5) is 12.7. The molecule has 2 aliphatic rings. The van der Waals surface area contributed by atoms with Crippen LogP contribution in [0.3, 0.4) is 0 Å². The van der Waals surface area contributed by atoms with Gasteiger partial charge in [0.1, 0.15) is 11.3 Å². The van der Waals surface area contributed by atoms with Crippen molar-refractivity contribution in [2.75, 3.05) is 25.6 Å². The van der Waals surface area contributed by atoms with Gasteiger partial charge in [-0.05, 0) is 43.9 Å². The van der Waals surface area contributed by atoms with Gasteiger partial charge in [0.2, 0.25) is 15.9 Å². The van der Waals surface area contributed by atoms with Crippen LogP contribution in [0.2, 0.25) is 0 Å². The normalized spacial score (nSPS) is 20.1. The van der Waals surface area contributed by atoms with Gasteiger partial charge in [-0.1, -0.05) is 0 Å². The summed E-state index contributed by atoms with van der Waals surface area (Å²) in [5.41, 5.74) is 5.42. The van der Waals surface area contributed by atoms with Crippen LogP contribution in [0.25, 0.3) is 0 Å². The van der Waals surface area contributed by atoms with Gasteiger partial charge in [-0.15, -0.1) is 0 Å². The first-order valence-electron chi connectivity index (χ1n) is 8.22. The number of benzene rings is 1. The van der Waals surface area contributed by atoms with Crippen LogP contribution in [0.4, 0.5) is 5.69 Å². The second-order valence-electron chi connectivity index (χ2n) is 6.48. The standard InChI is InChI=1S/C16H23N3O5S/c1-23-14-5-4-12(25(21,22)19-11-2-3-11)10-13(14)18-15(20)16(17)6-8-24-9-7-16/h4-5,10-11,19H,2-3,6-9,17H2,1H3,(H,18,20). The minimum absolute atomic E-state index is 0.000285. The Morgan fingerprint density at radius 3 is 2.60 bits per heavy atom. The van der Waals surface area contributed by atoms with Crippen LogP contribution in [0, 0.1) is 0 Å². The van der Waals surface area contributed by atoms with Crippen molar-refractivity contribution in [2.45, 2.75) is 42.2 Å². The van der Waals surface area contributed by atoms with E-state index in [4.69, 9.17) is 15.2 Å². The van der Waals surface area contributed by atoms with E-state index in [1.807, 2.05) is 0 Å². The number of rotatable bonds is 6. The number of nitrogens with one attached hydrogen (secondary N) is 2. The summed E-state index contributed by atoms with van der Waals surface area (Å²) < 4.78 is 37.8. The molecule has 0 radical (unpaired) electrons. The largest absolute Gasteiger partial charge is 0.495 e. The third-order valence-electron chi connectivity index (χ3n) is 4.47. The lowest BCUT2D eigenvalue weighted by Crippen LogP contribution is -2.54. The molecule has 9 heteroatoms. The third kappa shape index (κ3) is 4.12. The lowest BCUT2D eigenvalue weighted by Gasteiger charge is -2.32. The molecular weight excluding hydrogens is 346 g/mol. The maximum atomic E-state index is 12.6. The molecule has 1 aliphatic carbocycles. The smallest absolute Gasteiger partial charge is 0.244 e. The summed E-state index contributed by atoms with van der Waals surface area (Å²) in [6.45, 7) is 0.835. The van der Waals surface area contributed by atoms with Crippen LogP contribution in [-0.2, 0) is 19.6 Å². The molecule has 0 spiro atoms. The highest BCUT2D eigenvalue weighted by atomic mass is 32.2. The van der Waals surface area contributed by atoms with Gasteiger partial charge < -0.3 is 20.5 Å². The number of nitrogens with two attached hydrogens (primary N) is 1. The molecule has 1 aromatic rings. The molecule has 4 N–H and O–H groups in total. The van der Waals surface area contributed by atoms with Gasteiger partial charge in [0.05, 0.1) is 17.7 Å². The summed E-state index contributed by atoms with van der Waals surface area (Å²) in [6, 6.07) is 4.36. The van der Waals surface area contributed by atoms with Crippen molar-refractivity contribution in [1.29, 1.82) is 0 Å². The molecule has 0 unspecified atom stereocenters. The molecule has 1 saturated heterocycles. The average Bonchev–Trinajstić information content (AvgIpc) is 3.38. The lowest BCUT2D eigenvalue weighted by atomic mass is 9.90. The number of sulfonamides is 1.